The van der Waals surface area contributed by atoms with E-state index in [9.17, 15) is 10.2 Å². The Morgan fingerprint density at radius 1 is 1.08 bits per heavy atom. The molecule has 0 amide bonds. The molecule has 0 bridgehead atoms. The number of fused-ring (bicyclic) bond motifs is 5. The van der Waals surface area contributed by atoms with Gasteiger partial charge in [-0.15, -0.1) is 0 Å². The third kappa shape index (κ3) is 2.50. The Labute approximate surface area is 154 Å². The summed E-state index contributed by atoms with van der Waals surface area (Å²) in [5.41, 5.74) is 1.56. The first-order valence-corrected chi connectivity index (χ1v) is 10.9. The average Bonchev–Trinajstić information content (AvgIpc) is 2.85. The highest BCUT2D eigenvalue weighted by atomic mass is 16.3. The maximum absolute atomic E-state index is 11.5. The quantitative estimate of drug-likeness (QED) is 0.687. The van der Waals surface area contributed by atoms with Crippen LogP contribution in [0, 0.1) is 28.6 Å². The van der Waals surface area contributed by atoms with E-state index in [4.69, 9.17) is 0 Å². The van der Waals surface area contributed by atoms with Crippen molar-refractivity contribution in [3.63, 3.8) is 0 Å². The van der Waals surface area contributed by atoms with Gasteiger partial charge in [0.1, 0.15) is 0 Å². The van der Waals surface area contributed by atoms with Gasteiger partial charge in [0.25, 0.3) is 0 Å². The van der Waals surface area contributed by atoms with Crippen LogP contribution in [0.25, 0.3) is 0 Å². The van der Waals surface area contributed by atoms with Gasteiger partial charge in [-0.05, 0) is 86.4 Å². The van der Waals surface area contributed by atoms with Crippen molar-refractivity contribution in [2.24, 2.45) is 28.6 Å². The van der Waals surface area contributed by atoms with Gasteiger partial charge in [-0.25, -0.2) is 0 Å². The number of hydrogen-bond donors (Lipinski definition) is 2. The summed E-state index contributed by atoms with van der Waals surface area (Å²) in [6.45, 7) is 7.14. The number of aliphatic hydroxyl groups is 2. The van der Waals surface area contributed by atoms with Gasteiger partial charge in [-0.3, -0.25) is 0 Å². The number of allylic oxidation sites excluding steroid dienone is 1. The molecule has 0 saturated heterocycles. The van der Waals surface area contributed by atoms with Crippen LogP contribution < -0.4 is 0 Å². The lowest BCUT2D eigenvalue weighted by Gasteiger charge is -2.59. The molecule has 0 aliphatic heterocycles. The van der Waals surface area contributed by atoms with Crippen LogP contribution >= 0.6 is 0 Å². The summed E-state index contributed by atoms with van der Waals surface area (Å²) >= 11 is 0. The van der Waals surface area contributed by atoms with E-state index in [1.807, 2.05) is 0 Å². The van der Waals surface area contributed by atoms with Crippen LogP contribution in [-0.2, 0) is 0 Å². The molecule has 0 aromatic heterocycles. The van der Waals surface area contributed by atoms with Crippen LogP contribution in [0.3, 0.4) is 0 Å². The molecule has 2 heteroatoms. The molecule has 142 valence electrons. The minimum Gasteiger partial charge on any atom is -0.393 e. The Bertz CT molecular complexity index is 554. The lowest BCUT2D eigenvalue weighted by Crippen LogP contribution is -2.54. The van der Waals surface area contributed by atoms with Gasteiger partial charge < -0.3 is 10.2 Å². The Morgan fingerprint density at radius 2 is 1.84 bits per heavy atom. The first kappa shape index (κ1) is 18.0. The van der Waals surface area contributed by atoms with Gasteiger partial charge in [-0.2, -0.15) is 0 Å². The summed E-state index contributed by atoms with van der Waals surface area (Å²) in [5.74, 6) is 2.21. The summed E-state index contributed by atoms with van der Waals surface area (Å²) in [5, 5.41) is 21.7. The molecular weight excluding hydrogens is 308 g/mol. The van der Waals surface area contributed by atoms with Crippen molar-refractivity contribution in [2.75, 3.05) is 0 Å². The van der Waals surface area contributed by atoms with Crippen LogP contribution in [0.4, 0.5) is 0 Å². The van der Waals surface area contributed by atoms with E-state index in [0.29, 0.717) is 11.3 Å². The normalized spacial score (nSPS) is 52.1. The maximum Gasteiger partial charge on any atom is 0.0703 e. The molecular formula is C23H38O2. The monoisotopic (exact) mass is 346 g/mol. The maximum atomic E-state index is 11.5. The highest BCUT2D eigenvalue weighted by molar-refractivity contribution is 5.26. The number of aliphatic hydroxyl groups excluding tert-OH is 1. The molecule has 3 saturated carbocycles. The third-order valence-electron chi connectivity index (χ3n) is 9.34. The van der Waals surface area contributed by atoms with E-state index in [-0.39, 0.29) is 11.5 Å². The molecule has 25 heavy (non-hydrogen) atoms. The van der Waals surface area contributed by atoms with E-state index >= 15 is 0 Å². The van der Waals surface area contributed by atoms with Gasteiger partial charge in [0.05, 0.1) is 11.7 Å². The zero-order chi connectivity index (χ0) is 17.9. The predicted octanol–water partition coefficient (Wildman–Crippen LogP) is 5.23. The van der Waals surface area contributed by atoms with Gasteiger partial charge in [0.15, 0.2) is 0 Å². The molecule has 4 rings (SSSR count). The summed E-state index contributed by atoms with van der Waals surface area (Å²) < 4.78 is 0. The van der Waals surface area contributed by atoms with Crippen LogP contribution in [-0.4, -0.2) is 21.9 Å². The first-order chi connectivity index (χ1) is 11.8. The zero-order valence-electron chi connectivity index (χ0n) is 16.6. The molecule has 0 radical (unpaired) electrons. The fourth-order valence-corrected chi connectivity index (χ4v) is 7.63. The highest BCUT2D eigenvalue weighted by Gasteiger charge is 2.63. The van der Waals surface area contributed by atoms with Gasteiger partial charge in [0, 0.05) is 0 Å². The van der Waals surface area contributed by atoms with E-state index in [2.05, 4.69) is 26.8 Å². The van der Waals surface area contributed by atoms with Crippen molar-refractivity contribution in [1.29, 1.82) is 0 Å². The molecule has 4 aliphatic carbocycles. The molecule has 0 aromatic rings. The molecule has 2 N–H and O–H groups in total. The summed E-state index contributed by atoms with van der Waals surface area (Å²) in [7, 11) is 0. The molecule has 7 atom stereocenters. The van der Waals surface area contributed by atoms with Gasteiger partial charge in [0.2, 0.25) is 0 Å². The smallest absolute Gasteiger partial charge is 0.0703 e. The average molecular weight is 347 g/mol. The molecule has 3 fully saturated rings. The van der Waals surface area contributed by atoms with Crippen molar-refractivity contribution >= 4 is 0 Å². The Balaban J connectivity index is 1.62. The van der Waals surface area contributed by atoms with E-state index in [1.54, 1.807) is 5.57 Å². The fraction of sp³-hybridized carbons (Fsp3) is 0.913. The predicted molar refractivity (Wildman–Crippen MR) is 102 cm³/mol. The topological polar surface area (TPSA) is 40.5 Å². The van der Waals surface area contributed by atoms with Gasteiger partial charge >= 0.3 is 0 Å². The summed E-state index contributed by atoms with van der Waals surface area (Å²) in [4.78, 5) is 0. The van der Waals surface area contributed by atoms with Gasteiger partial charge in [-0.1, -0.05) is 45.3 Å². The second-order valence-electron chi connectivity index (χ2n) is 10.3. The first-order valence-electron chi connectivity index (χ1n) is 10.9. The molecule has 0 aromatic carbocycles. The van der Waals surface area contributed by atoms with E-state index < -0.39 is 5.60 Å². The van der Waals surface area contributed by atoms with Crippen molar-refractivity contribution in [1.82, 2.24) is 0 Å². The summed E-state index contributed by atoms with van der Waals surface area (Å²) in [6, 6.07) is 0. The molecule has 0 heterocycles. The van der Waals surface area contributed by atoms with Crippen molar-refractivity contribution < 1.29 is 10.2 Å². The van der Waals surface area contributed by atoms with Crippen LogP contribution in [0.15, 0.2) is 11.6 Å². The molecule has 2 unspecified atom stereocenters. The van der Waals surface area contributed by atoms with Crippen LogP contribution in [0.1, 0.15) is 91.4 Å². The van der Waals surface area contributed by atoms with E-state index in [1.165, 1.54) is 32.1 Å². The second kappa shape index (κ2) is 6.09. The van der Waals surface area contributed by atoms with Crippen molar-refractivity contribution in [3.05, 3.63) is 11.6 Å². The van der Waals surface area contributed by atoms with Crippen molar-refractivity contribution in [2.45, 2.75) is 103 Å². The molecule has 4 aliphatic rings. The molecule has 2 nitrogen and oxygen atoms in total. The zero-order valence-corrected chi connectivity index (χ0v) is 16.6. The Morgan fingerprint density at radius 3 is 2.60 bits per heavy atom. The number of rotatable bonds is 3. The Kier molecular flexibility index (Phi) is 4.40. The number of unbranched alkanes of at least 4 members (excludes halogenated alkanes) is 1. The lowest BCUT2D eigenvalue weighted by molar-refractivity contribution is -0.128. The number of hydrogen-bond acceptors (Lipinski definition) is 2. The second-order valence-corrected chi connectivity index (χ2v) is 10.3. The third-order valence-corrected chi connectivity index (χ3v) is 9.34. The van der Waals surface area contributed by atoms with Crippen LogP contribution in [0.5, 0.6) is 0 Å². The van der Waals surface area contributed by atoms with E-state index in [0.717, 1.165) is 50.4 Å². The fourth-order valence-electron chi connectivity index (χ4n) is 7.63. The Hall–Kier alpha value is -0.340. The largest absolute Gasteiger partial charge is 0.393 e. The summed E-state index contributed by atoms with van der Waals surface area (Å²) in [6.07, 6.45) is 14.7. The minimum atomic E-state index is -0.424. The van der Waals surface area contributed by atoms with Crippen molar-refractivity contribution in [3.8, 4) is 0 Å². The minimum absolute atomic E-state index is 0.115. The van der Waals surface area contributed by atoms with Crippen LogP contribution in [0.2, 0.25) is 0 Å². The lowest BCUT2D eigenvalue weighted by atomic mass is 9.47. The molecule has 0 spiro atoms. The standard InChI is InChI=1S/C23H38O2/c1-4-5-11-23(25)14-10-20-18-7-6-16-15-17(24)8-12-21(16,2)19(18)9-13-22(20,23)3/h6,17-20,24-25H,4-5,7-15H2,1-3H3/t17?,18-,19-,20+,21+,22+,23?/m1/s1. The SMILES string of the molecule is CCCCC1(O)CC[C@H]2[C@@H]3CC=C4CC(O)CC[C@]4(C)[C@@H]3CC[C@@]21C. The highest BCUT2D eigenvalue weighted by Crippen LogP contribution is 2.67.